The molecule has 162 valence electrons. The molecule has 2 aromatic rings. The van der Waals surface area contributed by atoms with Crippen molar-refractivity contribution in [2.45, 2.75) is 83.1 Å². The molecule has 1 unspecified atom stereocenters. The maximum atomic E-state index is 12.1. The number of fused-ring (bicyclic) bond motifs is 1. The molecule has 1 aromatic carbocycles. The van der Waals surface area contributed by atoms with E-state index in [0.717, 1.165) is 24.0 Å². The fraction of sp³-hybridized carbons (Fsp3) is 0.500. The summed E-state index contributed by atoms with van der Waals surface area (Å²) < 4.78 is 0. The van der Waals surface area contributed by atoms with Gasteiger partial charge in [0.15, 0.2) is 6.04 Å². The summed E-state index contributed by atoms with van der Waals surface area (Å²) in [6, 6.07) is 7.11. The maximum absolute atomic E-state index is 12.1. The van der Waals surface area contributed by atoms with Crippen LogP contribution in [0.2, 0.25) is 0 Å². The summed E-state index contributed by atoms with van der Waals surface area (Å²) in [6.45, 7) is 11.1. The highest BCUT2D eigenvalue weighted by atomic mass is 16.3. The first-order valence-electron chi connectivity index (χ1n) is 11.0. The van der Waals surface area contributed by atoms with Gasteiger partial charge >= 0.3 is 0 Å². The van der Waals surface area contributed by atoms with E-state index in [1.807, 2.05) is 6.92 Å². The van der Waals surface area contributed by atoms with Crippen molar-refractivity contribution >= 4 is 11.6 Å². The topological polar surface area (TPSA) is 76.5 Å². The third-order valence-electron chi connectivity index (χ3n) is 7.32. The van der Waals surface area contributed by atoms with Crippen molar-refractivity contribution < 1.29 is 9.59 Å². The van der Waals surface area contributed by atoms with Gasteiger partial charge in [-0.05, 0) is 64.5 Å². The number of aryl methyl sites for hydroxylation is 1. The number of ketones is 2. The largest absolute Gasteiger partial charge is 0.299 e. The number of hydrogen-bond acceptors (Lipinski definition) is 5. The van der Waals surface area contributed by atoms with Gasteiger partial charge in [0.2, 0.25) is 0 Å². The Labute approximate surface area is 183 Å². The third kappa shape index (κ3) is 3.64. The SMILES string of the molecule is Cc1cc2c(cc1C(N=O)c1ccc(C3C(=O)CCC3=O)cn1)C(C)(C)CCC2(C)C. The Morgan fingerprint density at radius 1 is 0.968 bits per heavy atom. The summed E-state index contributed by atoms with van der Waals surface area (Å²) in [4.78, 5) is 40.5. The minimum absolute atomic E-state index is 0.0290. The Morgan fingerprint density at radius 3 is 2.06 bits per heavy atom. The van der Waals surface area contributed by atoms with E-state index in [9.17, 15) is 14.5 Å². The second kappa shape index (κ2) is 7.47. The second-order valence-corrected chi connectivity index (χ2v) is 10.4. The van der Waals surface area contributed by atoms with Gasteiger partial charge in [-0.1, -0.05) is 51.1 Å². The zero-order valence-corrected chi connectivity index (χ0v) is 19.0. The molecule has 1 aromatic heterocycles. The Hall–Kier alpha value is -2.69. The average molecular weight is 419 g/mol. The number of carbonyl (C=O) groups is 2. The average Bonchev–Trinajstić information content (AvgIpc) is 3.06. The molecule has 1 saturated carbocycles. The zero-order chi connectivity index (χ0) is 22.6. The molecule has 0 N–H and O–H groups in total. The summed E-state index contributed by atoms with van der Waals surface area (Å²) in [5, 5.41) is 3.43. The molecule has 4 rings (SSSR count). The molecule has 1 heterocycles. The molecule has 1 fully saturated rings. The van der Waals surface area contributed by atoms with Crippen LogP contribution in [0.1, 0.15) is 98.8 Å². The van der Waals surface area contributed by atoms with Crippen LogP contribution in [0.25, 0.3) is 0 Å². The molecule has 0 bridgehead atoms. The van der Waals surface area contributed by atoms with Gasteiger partial charge in [-0.3, -0.25) is 14.6 Å². The van der Waals surface area contributed by atoms with Gasteiger partial charge in [0.1, 0.15) is 17.5 Å². The number of aromatic nitrogens is 1. The molecule has 0 amide bonds. The number of Topliss-reactive ketones (excluding diaryl/α,β-unsaturated/α-hetero) is 2. The van der Waals surface area contributed by atoms with Crippen molar-refractivity contribution in [3.8, 4) is 0 Å². The van der Waals surface area contributed by atoms with E-state index in [-0.39, 0.29) is 22.4 Å². The van der Waals surface area contributed by atoms with Crippen LogP contribution in [0.4, 0.5) is 0 Å². The van der Waals surface area contributed by atoms with Crippen LogP contribution in [0.3, 0.4) is 0 Å². The smallest absolute Gasteiger partial charge is 0.159 e. The van der Waals surface area contributed by atoms with Crippen molar-refractivity contribution in [2.24, 2.45) is 5.18 Å². The molecule has 2 aliphatic rings. The lowest BCUT2D eigenvalue weighted by atomic mass is 9.62. The van der Waals surface area contributed by atoms with Crippen molar-refractivity contribution in [3.05, 3.63) is 68.9 Å². The Bertz CT molecular complexity index is 1050. The van der Waals surface area contributed by atoms with E-state index in [1.54, 1.807) is 18.3 Å². The van der Waals surface area contributed by atoms with Crippen LogP contribution in [-0.2, 0) is 20.4 Å². The highest BCUT2D eigenvalue weighted by Crippen LogP contribution is 2.47. The van der Waals surface area contributed by atoms with Crippen molar-refractivity contribution in [2.75, 3.05) is 0 Å². The molecule has 5 nitrogen and oxygen atoms in total. The highest BCUT2D eigenvalue weighted by molar-refractivity contribution is 6.13. The minimum Gasteiger partial charge on any atom is -0.299 e. The summed E-state index contributed by atoms with van der Waals surface area (Å²) in [5.74, 6) is -0.822. The summed E-state index contributed by atoms with van der Waals surface area (Å²) in [6.07, 6.45) is 4.36. The monoisotopic (exact) mass is 418 g/mol. The number of benzene rings is 1. The number of hydrogen-bond donors (Lipinski definition) is 0. The molecule has 31 heavy (non-hydrogen) atoms. The van der Waals surface area contributed by atoms with E-state index in [0.29, 0.717) is 24.1 Å². The summed E-state index contributed by atoms with van der Waals surface area (Å²) in [7, 11) is 0. The molecular formula is C26H30N2O3. The lowest BCUT2D eigenvalue weighted by Crippen LogP contribution is -2.34. The minimum atomic E-state index is -0.727. The van der Waals surface area contributed by atoms with Crippen LogP contribution in [0.15, 0.2) is 35.6 Å². The lowest BCUT2D eigenvalue weighted by molar-refractivity contribution is -0.123. The molecule has 0 saturated heterocycles. The Kier molecular flexibility index (Phi) is 5.19. The maximum Gasteiger partial charge on any atom is 0.159 e. The zero-order valence-electron chi connectivity index (χ0n) is 19.0. The van der Waals surface area contributed by atoms with E-state index in [1.165, 1.54) is 11.1 Å². The van der Waals surface area contributed by atoms with Gasteiger partial charge < -0.3 is 0 Å². The molecular weight excluding hydrogens is 388 g/mol. The van der Waals surface area contributed by atoms with E-state index >= 15 is 0 Å². The predicted molar refractivity (Wildman–Crippen MR) is 120 cm³/mol. The number of nitroso groups, excluding NO2 is 1. The van der Waals surface area contributed by atoms with Crippen LogP contribution < -0.4 is 0 Å². The normalized spacial score (nSPS) is 21.1. The molecule has 2 aliphatic carbocycles. The van der Waals surface area contributed by atoms with Crippen molar-refractivity contribution in [3.63, 3.8) is 0 Å². The quantitative estimate of drug-likeness (QED) is 0.478. The standard InChI is InChI=1S/C26H30N2O3/c1-15-12-18-19(26(4,5)11-10-25(18,2)3)13-17(15)24(28-31)20-7-6-16(14-27-20)23-21(29)8-9-22(23)30/h6-7,12-14,23-24H,8-11H2,1-5H3. The number of pyridine rings is 1. The van der Waals surface area contributed by atoms with Crippen LogP contribution >= 0.6 is 0 Å². The van der Waals surface area contributed by atoms with Crippen LogP contribution in [0.5, 0.6) is 0 Å². The Morgan fingerprint density at radius 2 is 1.55 bits per heavy atom. The number of nitrogens with zero attached hydrogens (tertiary/aromatic N) is 2. The van der Waals surface area contributed by atoms with Crippen molar-refractivity contribution in [1.82, 2.24) is 4.98 Å². The summed E-state index contributed by atoms with van der Waals surface area (Å²) >= 11 is 0. The van der Waals surface area contributed by atoms with Gasteiger partial charge in [-0.25, -0.2) is 0 Å². The highest BCUT2D eigenvalue weighted by Gasteiger charge is 2.38. The fourth-order valence-electron chi connectivity index (χ4n) is 5.14. The second-order valence-electron chi connectivity index (χ2n) is 10.4. The molecule has 1 atom stereocenters. The predicted octanol–water partition coefficient (Wildman–Crippen LogP) is 5.61. The summed E-state index contributed by atoms with van der Waals surface area (Å²) in [5.41, 5.74) is 5.78. The van der Waals surface area contributed by atoms with Gasteiger partial charge in [-0.15, -0.1) is 4.91 Å². The van der Waals surface area contributed by atoms with Crippen LogP contribution in [0, 0.1) is 11.8 Å². The van der Waals surface area contributed by atoms with Crippen molar-refractivity contribution in [1.29, 1.82) is 0 Å². The number of rotatable bonds is 4. The molecule has 0 aliphatic heterocycles. The third-order valence-corrected chi connectivity index (χ3v) is 7.32. The fourth-order valence-corrected chi connectivity index (χ4v) is 5.14. The van der Waals surface area contributed by atoms with E-state index in [4.69, 9.17) is 0 Å². The van der Waals surface area contributed by atoms with Gasteiger partial charge in [0.25, 0.3) is 0 Å². The van der Waals surface area contributed by atoms with E-state index < -0.39 is 12.0 Å². The first-order valence-corrected chi connectivity index (χ1v) is 11.0. The number of carbonyl (C=O) groups excluding carboxylic acids is 2. The van der Waals surface area contributed by atoms with E-state index in [2.05, 4.69) is 50.0 Å². The molecule has 0 radical (unpaired) electrons. The van der Waals surface area contributed by atoms with Gasteiger partial charge in [-0.2, -0.15) is 0 Å². The van der Waals surface area contributed by atoms with Crippen LogP contribution in [-0.4, -0.2) is 16.6 Å². The molecule has 0 spiro atoms. The molecule has 5 heteroatoms. The Balaban J connectivity index is 1.74. The first kappa shape index (κ1) is 21.5. The first-order chi connectivity index (χ1) is 14.5. The lowest BCUT2D eigenvalue weighted by Gasteiger charge is -2.42. The van der Waals surface area contributed by atoms with Gasteiger partial charge in [0, 0.05) is 19.0 Å². The van der Waals surface area contributed by atoms with Gasteiger partial charge in [0.05, 0.1) is 5.69 Å².